The lowest BCUT2D eigenvalue weighted by atomic mass is 10.1. The van der Waals surface area contributed by atoms with Gasteiger partial charge in [0.05, 0.1) is 6.54 Å². The van der Waals surface area contributed by atoms with Crippen molar-refractivity contribution in [2.45, 2.75) is 17.2 Å². The normalized spacial score (nSPS) is 11.7. The molecule has 138 valence electrons. The molecule has 0 atom stereocenters. The van der Waals surface area contributed by atoms with Crippen LogP contribution in [0.3, 0.4) is 0 Å². The van der Waals surface area contributed by atoms with E-state index in [0.29, 0.717) is 19.0 Å². The molecule has 0 fully saturated rings. The second kappa shape index (κ2) is 10.3. The number of benzene rings is 1. The van der Waals surface area contributed by atoms with Crippen LogP contribution in [0.5, 0.6) is 0 Å². The third-order valence-corrected chi connectivity index (χ3v) is 6.11. The highest BCUT2D eigenvalue weighted by Crippen LogP contribution is 2.20. The summed E-state index contributed by atoms with van der Waals surface area (Å²) in [5.41, 5.74) is 1.07. The standard InChI is InChI=1S/C15H19ClN4O2S2.HI/c1-18-15(19-9-8-11-4-2-3-5-13(11)16)20-10-12-6-7-14(23-12)24(17,21)22;/h2-7H,8-10H2,1H3,(H2,17,21,22)(H2,18,19,20);1H. The van der Waals surface area contributed by atoms with Gasteiger partial charge < -0.3 is 10.6 Å². The van der Waals surface area contributed by atoms with Gasteiger partial charge in [0.1, 0.15) is 4.21 Å². The molecule has 0 aliphatic rings. The first kappa shape index (κ1) is 22.2. The van der Waals surface area contributed by atoms with Gasteiger partial charge in [-0.05, 0) is 30.2 Å². The molecule has 4 N–H and O–H groups in total. The molecule has 0 radical (unpaired) electrons. The van der Waals surface area contributed by atoms with E-state index in [9.17, 15) is 8.42 Å². The Hall–Kier alpha value is -0.880. The van der Waals surface area contributed by atoms with Gasteiger partial charge in [0.25, 0.3) is 0 Å². The fourth-order valence-electron chi connectivity index (χ4n) is 2.01. The molecule has 10 heteroatoms. The van der Waals surface area contributed by atoms with Crippen molar-refractivity contribution in [1.29, 1.82) is 0 Å². The molecule has 25 heavy (non-hydrogen) atoms. The summed E-state index contributed by atoms with van der Waals surface area (Å²) in [6.45, 7) is 1.14. The predicted molar refractivity (Wildman–Crippen MR) is 114 cm³/mol. The number of primary sulfonamides is 1. The second-order valence-electron chi connectivity index (χ2n) is 4.96. The van der Waals surface area contributed by atoms with Crippen molar-refractivity contribution >= 4 is 62.9 Å². The zero-order valence-electron chi connectivity index (χ0n) is 13.5. The SMILES string of the molecule is CN=C(NCCc1ccccc1Cl)NCc1ccc(S(N)(=O)=O)s1.I. The number of hydrogen-bond acceptors (Lipinski definition) is 4. The molecule has 0 aliphatic heterocycles. The lowest BCUT2D eigenvalue weighted by molar-refractivity contribution is 0.600. The number of sulfonamides is 1. The highest BCUT2D eigenvalue weighted by Gasteiger charge is 2.11. The molecule has 0 saturated carbocycles. The zero-order valence-corrected chi connectivity index (χ0v) is 18.2. The minimum Gasteiger partial charge on any atom is -0.356 e. The van der Waals surface area contributed by atoms with Crippen molar-refractivity contribution in [3.8, 4) is 0 Å². The van der Waals surface area contributed by atoms with Crippen molar-refractivity contribution in [2.24, 2.45) is 10.1 Å². The largest absolute Gasteiger partial charge is 0.356 e. The number of halogens is 2. The fraction of sp³-hybridized carbons (Fsp3) is 0.267. The molecule has 2 aromatic rings. The third kappa shape index (κ3) is 7.10. The molecule has 6 nitrogen and oxygen atoms in total. The summed E-state index contributed by atoms with van der Waals surface area (Å²) < 4.78 is 22.7. The van der Waals surface area contributed by atoms with Crippen molar-refractivity contribution in [3.63, 3.8) is 0 Å². The van der Waals surface area contributed by atoms with E-state index in [1.165, 1.54) is 6.07 Å². The van der Waals surface area contributed by atoms with Crippen LogP contribution >= 0.6 is 46.9 Å². The van der Waals surface area contributed by atoms with E-state index in [0.717, 1.165) is 33.2 Å². The van der Waals surface area contributed by atoms with Gasteiger partial charge in [-0.3, -0.25) is 4.99 Å². The van der Waals surface area contributed by atoms with Crippen molar-refractivity contribution in [1.82, 2.24) is 10.6 Å². The Morgan fingerprint density at radius 3 is 2.56 bits per heavy atom. The molecular weight excluding hydrogens is 495 g/mol. The molecule has 1 heterocycles. The average Bonchev–Trinajstić information content (AvgIpc) is 3.01. The quantitative estimate of drug-likeness (QED) is 0.314. The molecule has 0 spiro atoms. The number of hydrogen-bond donors (Lipinski definition) is 3. The molecule has 0 bridgehead atoms. The van der Waals surface area contributed by atoms with Gasteiger partial charge in [0, 0.05) is 23.5 Å². The summed E-state index contributed by atoms with van der Waals surface area (Å²) in [5, 5.41) is 12.2. The first-order valence-electron chi connectivity index (χ1n) is 7.19. The molecule has 0 saturated heterocycles. The van der Waals surface area contributed by atoms with Crippen LogP contribution in [-0.2, 0) is 23.0 Å². The number of guanidine groups is 1. The smallest absolute Gasteiger partial charge is 0.247 e. The zero-order chi connectivity index (χ0) is 17.6. The van der Waals surface area contributed by atoms with Gasteiger partial charge in [0.2, 0.25) is 10.0 Å². The number of nitrogens with two attached hydrogens (primary N) is 1. The van der Waals surface area contributed by atoms with E-state index in [1.807, 2.05) is 24.3 Å². The molecule has 0 unspecified atom stereocenters. The predicted octanol–water partition coefficient (Wildman–Crippen LogP) is 2.57. The fourth-order valence-corrected chi connectivity index (χ4v) is 3.96. The van der Waals surface area contributed by atoms with Crippen LogP contribution in [0.1, 0.15) is 10.4 Å². The number of nitrogens with zero attached hydrogens (tertiary/aromatic N) is 1. The minimum atomic E-state index is -3.64. The third-order valence-electron chi connectivity index (χ3n) is 3.22. The minimum absolute atomic E-state index is 0. The van der Waals surface area contributed by atoms with Crippen LogP contribution in [0.15, 0.2) is 45.6 Å². The van der Waals surface area contributed by atoms with E-state index >= 15 is 0 Å². The Labute approximate surface area is 173 Å². The molecule has 0 amide bonds. The van der Waals surface area contributed by atoms with Crippen LogP contribution < -0.4 is 15.8 Å². The molecule has 2 rings (SSSR count). The number of aliphatic imine (C=N–C) groups is 1. The van der Waals surface area contributed by atoms with Gasteiger partial charge in [-0.1, -0.05) is 29.8 Å². The Morgan fingerprint density at radius 2 is 1.96 bits per heavy atom. The van der Waals surface area contributed by atoms with E-state index < -0.39 is 10.0 Å². The Kier molecular flexibility index (Phi) is 9.14. The van der Waals surface area contributed by atoms with Crippen LogP contribution in [0.2, 0.25) is 5.02 Å². The number of nitrogens with one attached hydrogen (secondary N) is 2. The highest BCUT2D eigenvalue weighted by molar-refractivity contribution is 14.0. The monoisotopic (exact) mass is 514 g/mol. The van der Waals surface area contributed by atoms with E-state index in [2.05, 4.69) is 15.6 Å². The lowest BCUT2D eigenvalue weighted by Crippen LogP contribution is -2.37. The van der Waals surface area contributed by atoms with Crippen molar-refractivity contribution in [3.05, 3.63) is 51.9 Å². The Balaban J connectivity index is 0.00000312. The Morgan fingerprint density at radius 1 is 1.24 bits per heavy atom. The van der Waals surface area contributed by atoms with Crippen LogP contribution in [0.25, 0.3) is 0 Å². The molecule has 1 aromatic heterocycles. The first-order valence-corrected chi connectivity index (χ1v) is 9.93. The van der Waals surface area contributed by atoms with E-state index in [-0.39, 0.29) is 28.2 Å². The van der Waals surface area contributed by atoms with Gasteiger partial charge in [0.15, 0.2) is 5.96 Å². The maximum atomic E-state index is 11.3. The summed E-state index contributed by atoms with van der Waals surface area (Å²) >= 11 is 7.26. The number of rotatable bonds is 6. The summed E-state index contributed by atoms with van der Waals surface area (Å²) in [6.07, 6.45) is 0.773. The summed E-state index contributed by atoms with van der Waals surface area (Å²) in [7, 11) is -1.97. The van der Waals surface area contributed by atoms with Gasteiger partial charge >= 0.3 is 0 Å². The maximum absolute atomic E-state index is 11.3. The highest BCUT2D eigenvalue weighted by atomic mass is 127. The van der Waals surface area contributed by atoms with E-state index in [4.69, 9.17) is 16.7 Å². The second-order valence-corrected chi connectivity index (χ2v) is 8.32. The lowest BCUT2D eigenvalue weighted by Gasteiger charge is -2.11. The molecule has 0 aliphatic carbocycles. The van der Waals surface area contributed by atoms with E-state index in [1.54, 1.807) is 13.1 Å². The Bertz CT molecular complexity index is 824. The van der Waals surface area contributed by atoms with Gasteiger partial charge in [-0.15, -0.1) is 35.3 Å². The van der Waals surface area contributed by atoms with Gasteiger partial charge in [-0.2, -0.15) is 0 Å². The maximum Gasteiger partial charge on any atom is 0.247 e. The summed E-state index contributed by atoms with van der Waals surface area (Å²) in [4.78, 5) is 4.99. The summed E-state index contributed by atoms with van der Waals surface area (Å²) in [6, 6.07) is 10.9. The number of thiophene rings is 1. The van der Waals surface area contributed by atoms with Crippen molar-refractivity contribution in [2.75, 3.05) is 13.6 Å². The first-order chi connectivity index (χ1) is 11.4. The molecular formula is C15H20ClIN4O2S2. The topological polar surface area (TPSA) is 96.6 Å². The summed E-state index contributed by atoms with van der Waals surface area (Å²) in [5.74, 6) is 0.632. The average molecular weight is 515 g/mol. The van der Waals surface area contributed by atoms with Crippen molar-refractivity contribution < 1.29 is 8.42 Å². The molecule has 1 aromatic carbocycles. The van der Waals surface area contributed by atoms with Crippen LogP contribution in [-0.4, -0.2) is 28.0 Å². The van der Waals surface area contributed by atoms with Gasteiger partial charge in [-0.25, -0.2) is 13.6 Å². The van der Waals surface area contributed by atoms with Crippen LogP contribution in [0, 0.1) is 0 Å². The van der Waals surface area contributed by atoms with Crippen LogP contribution in [0.4, 0.5) is 0 Å².